The number of likely N-dealkylation sites (tertiary alicyclic amines) is 2. The van der Waals surface area contributed by atoms with Crippen molar-refractivity contribution in [2.24, 2.45) is 53.1 Å². The Morgan fingerprint density at radius 1 is 0.835 bits per heavy atom. The molecule has 6 N–H and O–H groups in total. The van der Waals surface area contributed by atoms with Crippen LogP contribution in [0.4, 0.5) is 10.5 Å². The molecule has 1 aromatic carbocycles. The van der Waals surface area contributed by atoms with Gasteiger partial charge >= 0.3 is 12.0 Å². The number of Topliss-reactive ketones (excluding diaryl/α,β-unsaturated/α-hetero) is 4. The number of nitrogens with two attached hydrogens (primary N) is 1. The number of ether oxygens (including phenoxy) is 3. The molecule has 1 saturated carbocycles. The summed E-state index contributed by atoms with van der Waals surface area (Å²) in [7, 11) is 6.98. The number of nitrogens with zero attached hydrogens (tertiary/aromatic N) is 4. The van der Waals surface area contributed by atoms with E-state index >= 15 is 0 Å². The second-order valence-electron chi connectivity index (χ2n) is 26.6. The number of likely N-dealkylation sites (N-methyl/N-ethyl adjacent to an activating group) is 2. The molecule has 5 rings (SSSR count). The normalized spacial score (nSPS) is 20.6. The number of benzene rings is 1. The minimum Gasteiger partial charge on any atom is -0.481 e. The number of fused-ring (bicyclic) bond motifs is 2. The minimum absolute atomic E-state index is 0.0127. The number of carbonyl (C=O) groups excluding carboxylic acids is 9. The number of anilines is 1. The lowest BCUT2D eigenvalue weighted by Crippen LogP contribution is -2.54. The van der Waals surface area contributed by atoms with Crippen molar-refractivity contribution >= 4 is 75.8 Å². The summed E-state index contributed by atoms with van der Waals surface area (Å²) in [6.45, 7) is 16.0. The van der Waals surface area contributed by atoms with Gasteiger partial charge < -0.3 is 50.8 Å². The van der Waals surface area contributed by atoms with E-state index < -0.39 is 71.8 Å². The number of hydrogen-bond donors (Lipinski definition) is 5. The molecule has 3 fully saturated rings. The average Bonchev–Trinajstić information content (AvgIpc) is 1.73. The Bertz CT molecular complexity index is 2730. The van der Waals surface area contributed by atoms with Gasteiger partial charge in [-0.2, -0.15) is 0 Å². The number of piperidine rings is 1. The first-order valence-corrected chi connectivity index (χ1v) is 33.9. The topological polar surface area (TPSA) is 303 Å². The molecule has 1 aromatic heterocycles. The Kier molecular flexibility index (Phi) is 30.8. The number of rotatable bonds is 42. The van der Waals surface area contributed by atoms with E-state index in [4.69, 9.17) is 25.1 Å². The highest BCUT2D eigenvalue weighted by molar-refractivity contribution is 7.09. The molecule has 0 radical (unpaired) electrons. The van der Waals surface area contributed by atoms with Crippen LogP contribution in [0.2, 0.25) is 0 Å². The van der Waals surface area contributed by atoms with Crippen LogP contribution in [0.5, 0.6) is 0 Å². The monoisotopic (exact) mass is 1290 g/mol. The van der Waals surface area contributed by atoms with Gasteiger partial charge in [0.25, 0.3) is 0 Å². The summed E-state index contributed by atoms with van der Waals surface area (Å²) >= 11 is 1.46. The van der Waals surface area contributed by atoms with Crippen molar-refractivity contribution in [1.82, 2.24) is 30.3 Å². The first kappa shape index (κ1) is 75.7. The van der Waals surface area contributed by atoms with Crippen LogP contribution in [0.25, 0.3) is 0 Å². The molecule has 23 heteroatoms. The van der Waals surface area contributed by atoms with Crippen LogP contribution < -0.4 is 21.7 Å². The Morgan fingerprint density at radius 3 is 2.14 bits per heavy atom. The third-order valence-corrected chi connectivity index (χ3v) is 20.4. The van der Waals surface area contributed by atoms with E-state index in [1.165, 1.54) is 11.3 Å². The average molecular weight is 1290 g/mol. The number of primary amides is 1. The number of hydrogen-bond acceptors (Lipinski definition) is 16. The summed E-state index contributed by atoms with van der Waals surface area (Å²) in [5.74, 6) is -5.55. The standard InChI is InChI=1S/C68H106N8O14S/c1-13-42(6)62(75(10)67(86)51(40(2)3)38-56(80)63-46-22-25-50(35-46)74(63)9)57(88-11)39-59(82)76-29-15-18-52(76)64(89-12)44(8)54(78)37-48(66-70-28-32-91-66)34-45-20-23-49(24-21-45)72-65(85)47(17-14-27-71-68(69)87)36-55(79)61(41(4)5)73-58(81)26-31-90-30-16-19-53(77)43(7)33-60(83)84/h20-21,23-24,28,32,40-44,46-48,50-52,57,61-64H,13-19,22,25-27,29-31,33-39H2,1-12H3,(H,72,85)(H,73,81)(H,83,84)(H3,69,71,87)/t42-,43?,44-,46-,47+,48+,50-,51-,52-,57+,61?,62-,63-,64+/m0/s1. The molecule has 6 amide bonds. The van der Waals surface area contributed by atoms with E-state index in [1.807, 2.05) is 50.2 Å². The van der Waals surface area contributed by atoms with Crippen molar-refractivity contribution in [3.8, 4) is 0 Å². The molecular weight excluding hydrogens is 1180 g/mol. The summed E-state index contributed by atoms with van der Waals surface area (Å²) in [4.78, 5) is 144. The minimum atomic E-state index is -1.04. The van der Waals surface area contributed by atoms with Crippen LogP contribution in [-0.2, 0) is 63.8 Å². The Balaban J connectivity index is 1.20. The van der Waals surface area contributed by atoms with E-state index in [0.717, 1.165) is 42.7 Å². The van der Waals surface area contributed by atoms with Crippen LogP contribution in [0.1, 0.15) is 175 Å². The van der Waals surface area contributed by atoms with Crippen molar-refractivity contribution in [1.29, 1.82) is 0 Å². The lowest BCUT2D eigenvalue weighted by Gasteiger charge is -2.41. The lowest BCUT2D eigenvalue weighted by molar-refractivity contribution is -0.149. The van der Waals surface area contributed by atoms with Crippen molar-refractivity contribution in [3.63, 3.8) is 0 Å². The predicted molar refractivity (Wildman–Crippen MR) is 348 cm³/mol. The Labute approximate surface area is 543 Å². The van der Waals surface area contributed by atoms with Crippen LogP contribution in [0, 0.1) is 47.3 Å². The Morgan fingerprint density at radius 2 is 1.55 bits per heavy atom. The van der Waals surface area contributed by atoms with E-state index in [1.54, 1.807) is 65.3 Å². The van der Waals surface area contributed by atoms with Gasteiger partial charge in [-0.25, -0.2) is 9.78 Å². The first-order chi connectivity index (χ1) is 43.2. The van der Waals surface area contributed by atoms with E-state index in [2.05, 4.69) is 39.7 Å². The molecule has 14 atom stereocenters. The number of carboxylic acid groups (broad SMARTS) is 1. The van der Waals surface area contributed by atoms with Gasteiger partial charge in [0, 0.05) is 126 Å². The highest BCUT2D eigenvalue weighted by Gasteiger charge is 2.49. The molecule has 3 heterocycles. The first-order valence-electron chi connectivity index (χ1n) is 33.1. The smallest absolute Gasteiger partial charge is 0.312 e. The number of aromatic nitrogens is 1. The van der Waals surface area contributed by atoms with Crippen LogP contribution in [0.15, 0.2) is 35.8 Å². The number of nitrogens with one attached hydrogen (secondary N) is 3. The quantitative estimate of drug-likeness (QED) is 0.0393. The van der Waals surface area contributed by atoms with Crippen LogP contribution in [-0.4, -0.2) is 181 Å². The summed E-state index contributed by atoms with van der Waals surface area (Å²) in [6, 6.07) is 5.06. The number of aliphatic carboxylic acids is 1. The highest BCUT2D eigenvalue weighted by atomic mass is 32.1. The molecule has 2 unspecified atom stereocenters. The van der Waals surface area contributed by atoms with E-state index in [0.29, 0.717) is 49.9 Å². The molecule has 22 nitrogen and oxygen atoms in total. The molecule has 2 aliphatic heterocycles. The molecule has 1 aliphatic carbocycles. The largest absolute Gasteiger partial charge is 0.481 e. The highest BCUT2D eigenvalue weighted by Crippen LogP contribution is 2.43. The van der Waals surface area contributed by atoms with Gasteiger partial charge in [0.05, 0.1) is 60.8 Å². The molecule has 2 saturated heterocycles. The van der Waals surface area contributed by atoms with Crippen molar-refractivity contribution < 1.29 is 67.3 Å². The van der Waals surface area contributed by atoms with Crippen molar-refractivity contribution in [2.45, 2.75) is 213 Å². The van der Waals surface area contributed by atoms with E-state index in [9.17, 15) is 47.9 Å². The zero-order chi connectivity index (χ0) is 67.2. The molecule has 2 aromatic rings. The number of carbonyl (C=O) groups is 10. The van der Waals surface area contributed by atoms with E-state index in [-0.39, 0.29) is 142 Å². The second-order valence-corrected chi connectivity index (χ2v) is 27.5. The second kappa shape index (κ2) is 37.0. The van der Waals surface area contributed by atoms with Gasteiger partial charge in [-0.05, 0) is 106 Å². The fourth-order valence-corrected chi connectivity index (χ4v) is 14.7. The summed E-state index contributed by atoms with van der Waals surface area (Å²) in [5.41, 5.74) is 6.64. The SMILES string of the molecule is CC[C@H](C)[C@@H]([C@@H](CC(=O)N1CCC[C@H]1[C@H](OC)[C@@H](C)C(=O)C[C@@H](Cc1ccc(NC(=O)[C@H](CCCNC(N)=O)CC(=O)C(NC(=O)CCOCCCC(=O)C(C)CC(=O)O)C(C)C)cc1)c1nccs1)OC)N(C)C(=O)[C@@H](CC(=O)[C@@H]1[C@H]2CC[C@@H](C2)N1C)C(C)C. The zero-order valence-corrected chi connectivity index (χ0v) is 56.9. The maximum absolute atomic E-state index is 14.7. The van der Waals surface area contributed by atoms with Gasteiger partial charge in [-0.15, -0.1) is 11.3 Å². The van der Waals surface area contributed by atoms with Crippen LogP contribution in [0.3, 0.4) is 0 Å². The van der Waals surface area contributed by atoms with Gasteiger partial charge in [0.15, 0.2) is 11.6 Å². The number of methoxy groups -OCH3 is 2. The maximum Gasteiger partial charge on any atom is 0.312 e. The third-order valence-electron chi connectivity index (χ3n) is 19.5. The maximum atomic E-state index is 14.7. The molecule has 508 valence electrons. The lowest BCUT2D eigenvalue weighted by atomic mass is 9.83. The van der Waals surface area contributed by atoms with Crippen LogP contribution >= 0.6 is 11.3 Å². The summed E-state index contributed by atoms with van der Waals surface area (Å²) in [5, 5.41) is 19.9. The summed E-state index contributed by atoms with van der Waals surface area (Å²) < 4.78 is 17.9. The number of urea groups is 1. The predicted octanol–water partition coefficient (Wildman–Crippen LogP) is 8.03. The molecule has 2 bridgehead atoms. The number of ketones is 4. The summed E-state index contributed by atoms with van der Waals surface area (Å²) in [6.07, 6.45) is 7.11. The molecule has 91 heavy (non-hydrogen) atoms. The van der Waals surface area contributed by atoms with Gasteiger partial charge in [0.2, 0.25) is 23.6 Å². The fourth-order valence-electron chi connectivity index (χ4n) is 14.0. The van der Waals surface area contributed by atoms with Gasteiger partial charge in [0.1, 0.15) is 11.6 Å². The molecule has 3 aliphatic rings. The Hall–Kier alpha value is -6.01. The van der Waals surface area contributed by atoms with Gasteiger partial charge in [-0.1, -0.05) is 73.9 Å². The van der Waals surface area contributed by atoms with Gasteiger partial charge in [-0.3, -0.25) is 48.1 Å². The zero-order valence-electron chi connectivity index (χ0n) is 56.1. The van der Waals surface area contributed by atoms with Crippen molar-refractivity contribution in [2.75, 3.05) is 59.9 Å². The number of thiazole rings is 1. The molecule has 0 spiro atoms. The van der Waals surface area contributed by atoms with Crippen molar-refractivity contribution in [3.05, 3.63) is 46.4 Å². The molecular formula is C68H106N8O14S. The fraction of sp³-hybridized carbons (Fsp3) is 0.721. The number of carboxylic acids is 1. The number of amides is 6. The third kappa shape index (κ3) is 22.1.